The van der Waals surface area contributed by atoms with Crippen molar-refractivity contribution < 1.29 is 9.53 Å². The topological polar surface area (TPSA) is 59.8 Å². The molecule has 2 fully saturated rings. The van der Waals surface area contributed by atoms with Crippen LogP contribution in [0, 0.1) is 11.3 Å². The van der Waals surface area contributed by atoms with Gasteiger partial charge in [0.1, 0.15) is 6.10 Å². The highest BCUT2D eigenvalue weighted by atomic mass is 16.5. The van der Waals surface area contributed by atoms with Crippen LogP contribution in [0.4, 0.5) is 0 Å². The lowest BCUT2D eigenvalue weighted by Gasteiger charge is -2.38. The SMILES string of the molecule is N#CCN1CCN(C(=O)C2CN(Cc3ccccc3)CCO2)CC1. The van der Waals surface area contributed by atoms with Gasteiger partial charge in [0.25, 0.3) is 5.91 Å². The Balaban J connectivity index is 1.51. The fourth-order valence-electron chi connectivity index (χ4n) is 3.27. The Morgan fingerprint density at radius 1 is 1.12 bits per heavy atom. The molecule has 2 heterocycles. The lowest BCUT2D eigenvalue weighted by molar-refractivity contribution is -0.151. The molecule has 128 valence electrons. The second kappa shape index (κ2) is 8.25. The molecule has 0 spiro atoms. The second-order valence-electron chi connectivity index (χ2n) is 6.34. The molecule has 24 heavy (non-hydrogen) atoms. The molecule has 0 radical (unpaired) electrons. The number of benzene rings is 1. The van der Waals surface area contributed by atoms with Gasteiger partial charge in [0.2, 0.25) is 0 Å². The zero-order chi connectivity index (χ0) is 16.8. The Morgan fingerprint density at radius 2 is 1.88 bits per heavy atom. The van der Waals surface area contributed by atoms with Crippen LogP contribution < -0.4 is 0 Å². The maximum absolute atomic E-state index is 12.7. The van der Waals surface area contributed by atoms with Crippen LogP contribution in [0.5, 0.6) is 0 Å². The van der Waals surface area contributed by atoms with Crippen molar-refractivity contribution in [1.29, 1.82) is 5.26 Å². The van der Waals surface area contributed by atoms with Crippen molar-refractivity contribution in [2.24, 2.45) is 0 Å². The predicted octanol–water partition coefficient (Wildman–Crippen LogP) is 0.555. The van der Waals surface area contributed by atoms with Crippen molar-refractivity contribution >= 4 is 5.91 Å². The summed E-state index contributed by atoms with van der Waals surface area (Å²) in [5.74, 6) is 0.0874. The van der Waals surface area contributed by atoms with Crippen LogP contribution in [0.2, 0.25) is 0 Å². The van der Waals surface area contributed by atoms with Crippen molar-refractivity contribution in [2.45, 2.75) is 12.6 Å². The van der Waals surface area contributed by atoms with Crippen LogP contribution in [-0.4, -0.2) is 79.1 Å². The summed E-state index contributed by atoms with van der Waals surface area (Å²) in [6.07, 6.45) is -0.370. The molecule has 1 aromatic rings. The van der Waals surface area contributed by atoms with Crippen molar-refractivity contribution in [1.82, 2.24) is 14.7 Å². The Labute approximate surface area is 143 Å². The fourth-order valence-corrected chi connectivity index (χ4v) is 3.27. The molecule has 1 atom stereocenters. The summed E-state index contributed by atoms with van der Waals surface area (Å²) in [6.45, 7) is 6.27. The van der Waals surface area contributed by atoms with E-state index >= 15 is 0 Å². The Morgan fingerprint density at radius 3 is 2.58 bits per heavy atom. The highest BCUT2D eigenvalue weighted by molar-refractivity contribution is 5.81. The van der Waals surface area contributed by atoms with Gasteiger partial charge in [-0.05, 0) is 5.56 Å². The van der Waals surface area contributed by atoms with Crippen LogP contribution in [0.1, 0.15) is 5.56 Å². The number of hydrogen-bond acceptors (Lipinski definition) is 5. The molecular formula is C18H24N4O2. The van der Waals surface area contributed by atoms with Crippen molar-refractivity contribution in [3.63, 3.8) is 0 Å². The number of piperazine rings is 1. The van der Waals surface area contributed by atoms with Gasteiger partial charge in [-0.2, -0.15) is 5.26 Å². The summed E-state index contributed by atoms with van der Waals surface area (Å²) in [7, 11) is 0. The molecule has 6 heteroatoms. The maximum Gasteiger partial charge on any atom is 0.253 e. The predicted molar refractivity (Wildman–Crippen MR) is 90.1 cm³/mol. The first-order valence-corrected chi connectivity index (χ1v) is 8.52. The zero-order valence-electron chi connectivity index (χ0n) is 13.9. The number of ether oxygens (including phenoxy) is 1. The minimum atomic E-state index is -0.370. The fraction of sp³-hybridized carbons (Fsp3) is 0.556. The van der Waals surface area contributed by atoms with Gasteiger partial charge in [-0.15, -0.1) is 0 Å². The second-order valence-corrected chi connectivity index (χ2v) is 6.34. The molecular weight excluding hydrogens is 304 g/mol. The molecule has 2 saturated heterocycles. The van der Waals surface area contributed by atoms with Gasteiger partial charge in [0, 0.05) is 45.8 Å². The molecule has 0 aliphatic carbocycles. The molecule has 1 amide bonds. The van der Waals surface area contributed by atoms with Gasteiger partial charge in [-0.3, -0.25) is 14.6 Å². The highest BCUT2D eigenvalue weighted by Gasteiger charge is 2.31. The Bertz CT molecular complexity index is 578. The van der Waals surface area contributed by atoms with E-state index in [1.54, 1.807) is 0 Å². The average Bonchev–Trinajstić information content (AvgIpc) is 2.63. The van der Waals surface area contributed by atoms with E-state index < -0.39 is 0 Å². The lowest BCUT2D eigenvalue weighted by Crippen LogP contribution is -2.55. The van der Waals surface area contributed by atoms with E-state index in [1.165, 1.54) is 5.56 Å². The normalized spacial score (nSPS) is 23.0. The van der Waals surface area contributed by atoms with E-state index in [2.05, 4.69) is 28.0 Å². The summed E-state index contributed by atoms with van der Waals surface area (Å²) in [5, 5.41) is 8.75. The number of nitrogens with zero attached hydrogens (tertiary/aromatic N) is 4. The molecule has 1 unspecified atom stereocenters. The summed E-state index contributed by atoms with van der Waals surface area (Å²) < 4.78 is 5.74. The summed E-state index contributed by atoms with van der Waals surface area (Å²) in [5.41, 5.74) is 1.26. The van der Waals surface area contributed by atoms with Crippen LogP contribution in [0.3, 0.4) is 0 Å². The lowest BCUT2D eigenvalue weighted by atomic mass is 10.1. The van der Waals surface area contributed by atoms with E-state index in [1.807, 2.05) is 23.1 Å². The van der Waals surface area contributed by atoms with Crippen LogP contribution in [0.25, 0.3) is 0 Å². The van der Waals surface area contributed by atoms with Crippen LogP contribution >= 0.6 is 0 Å². The largest absolute Gasteiger partial charge is 0.366 e. The van der Waals surface area contributed by atoms with E-state index in [4.69, 9.17) is 10.00 Å². The number of morpholine rings is 1. The maximum atomic E-state index is 12.7. The first-order chi connectivity index (χ1) is 11.8. The first kappa shape index (κ1) is 16.9. The average molecular weight is 328 g/mol. The molecule has 0 N–H and O–H groups in total. The molecule has 3 rings (SSSR count). The van der Waals surface area contributed by atoms with Crippen LogP contribution in [0.15, 0.2) is 30.3 Å². The van der Waals surface area contributed by atoms with Crippen molar-refractivity contribution in [3.05, 3.63) is 35.9 Å². The summed E-state index contributed by atoms with van der Waals surface area (Å²) in [6, 6.07) is 12.5. The van der Waals surface area contributed by atoms with E-state index in [0.717, 1.165) is 26.2 Å². The minimum absolute atomic E-state index is 0.0874. The standard InChI is InChI=1S/C18H24N4O2/c19-6-7-20-8-10-22(11-9-20)18(23)17-15-21(12-13-24-17)14-16-4-2-1-3-5-16/h1-5,17H,7-15H2. The van der Waals surface area contributed by atoms with Gasteiger partial charge >= 0.3 is 0 Å². The molecule has 1 aromatic carbocycles. The van der Waals surface area contributed by atoms with E-state index in [0.29, 0.717) is 32.8 Å². The quantitative estimate of drug-likeness (QED) is 0.756. The number of hydrogen-bond donors (Lipinski definition) is 0. The van der Waals surface area contributed by atoms with Gasteiger partial charge in [-0.25, -0.2) is 0 Å². The van der Waals surface area contributed by atoms with E-state index in [-0.39, 0.29) is 12.0 Å². The van der Waals surface area contributed by atoms with Crippen molar-refractivity contribution in [2.75, 3.05) is 52.4 Å². The van der Waals surface area contributed by atoms with Crippen molar-refractivity contribution in [3.8, 4) is 6.07 Å². The smallest absolute Gasteiger partial charge is 0.253 e. The van der Waals surface area contributed by atoms with E-state index in [9.17, 15) is 4.79 Å². The molecule has 6 nitrogen and oxygen atoms in total. The number of amides is 1. The zero-order valence-corrected chi connectivity index (χ0v) is 13.9. The molecule has 0 aromatic heterocycles. The number of carbonyl (C=O) groups excluding carboxylic acids is 1. The Kier molecular flexibility index (Phi) is 5.81. The monoisotopic (exact) mass is 328 g/mol. The molecule has 2 aliphatic rings. The minimum Gasteiger partial charge on any atom is -0.366 e. The third-order valence-corrected chi connectivity index (χ3v) is 4.65. The van der Waals surface area contributed by atoms with Gasteiger partial charge < -0.3 is 9.64 Å². The third-order valence-electron chi connectivity index (χ3n) is 4.65. The van der Waals surface area contributed by atoms with Crippen LogP contribution in [-0.2, 0) is 16.1 Å². The first-order valence-electron chi connectivity index (χ1n) is 8.52. The molecule has 2 aliphatic heterocycles. The highest BCUT2D eigenvalue weighted by Crippen LogP contribution is 2.13. The van der Waals surface area contributed by atoms with Gasteiger partial charge in [0.15, 0.2) is 0 Å². The number of carbonyl (C=O) groups is 1. The molecule has 0 saturated carbocycles. The number of rotatable bonds is 4. The summed E-state index contributed by atoms with van der Waals surface area (Å²) in [4.78, 5) is 18.9. The Hall–Kier alpha value is -1.94. The molecule has 0 bridgehead atoms. The third kappa shape index (κ3) is 4.32. The number of nitriles is 1. The van der Waals surface area contributed by atoms with Gasteiger partial charge in [0.05, 0.1) is 19.2 Å². The summed E-state index contributed by atoms with van der Waals surface area (Å²) >= 11 is 0. The van der Waals surface area contributed by atoms with Gasteiger partial charge in [-0.1, -0.05) is 30.3 Å².